The summed E-state index contributed by atoms with van der Waals surface area (Å²) in [7, 11) is 0. The van der Waals surface area contributed by atoms with Gasteiger partial charge in [0.2, 0.25) is 0 Å². The molecule has 0 saturated heterocycles. The fourth-order valence-electron chi connectivity index (χ4n) is 2.76. The molecule has 100 valence electrons. The number of nitrogens with one attached hydrogen (secondary N) is 1. The molecule has 1 aliphatic rings. The summed E-state index contributed by atoms with van der Waals surface area (Å²) in [6.45, 7) is 3.31. The number of amides is 1. The fourth-order valence-corrected chi connectivity index (χ4v) is 2.76. The van der Waals surface area contributed by atoms with Crippen LogP contribution < -0.4 is 11.1 Å². The second kappa shape index (κ2) is 5.57. The molecule has 4 heteroatoms. The molecule has 0 aliphatic heterocycles. The summed E-state index contributed by atoms with van der Waals surface area (Å²) in [6, 6.07) is 1.71. The van der Waals surface area contributed by atoms with Crippen LogP contribution in [0.5, 0.6) is 0 Å². The van der Waals surface area contributed by atoms with Gasteiger partial charge in [0.05, 0.1) is 12.1 Å². The molecule has 0 radical (unpaired) electrons. The lowest BCUT2D eigenvalue weighted by Gasteiger charge is -2.27. The molecule has 0 aromatic carbocycles. The maximum Gasteiger partial charge on any atom is 0.254 e. The average Bonchev–Trinajstić information content (AvgIpc) is 3.05. The Bertz CT molecular complexity index is 406. The molecule has 1 fully saturated rings. The van der Waals surface area contributed by atoms with Crippen molar-refractivity contribution in [3.05, 3.63) is 23.7 Å². The third kappa shape index (κ3) is 2.75. The van der Waals surface area contributed by atoms with E-state index in [4.69, 9.17) is 10.2 Å². The smallest absolute Gasteiger partial charge is 0.254 e. The van der Waals surface area contributed by atoms with Crippen LogP contribution in [-0.4, -0.2) is 12.5 Å². The number of hydrogen-bond acceptors (Lipinski definition) is 3. The van der Waals surface area contributed by atoms with Gasteiger partial charge in [0.1, 0.15) is 12.0 Å². The van der Waals surface area contributed by atoms with Gasteiger partial charge in [-0.2, -0.15) is 0 Å². The van der Waals surface area contributed by atoms with E-state index >= 15 is 0 Å². The van der Waals surface area contributed by atoms with Gasteiger partial charge in [-0.1, -0.05) is 19.8 Å². The Morgan fingerprint density at radius 3 is 2.78 bits per heavy atom. The van der Waals surface area contributed by atoms with Gasteiger partial charge in [-0.05, 0) is 30.7 Å². The summed E-state index contributed by atoms with van der Waals surface area (Å²) in [5.74, 6) is 0.587. The van der Waals surface area contributed by atoms with Gasteiger partial charge in [0.25, 0.3) is 5.91 Å². The first-order valence-electron chi connectivity index (χ1n) is 6.75. The third-order valence-corrected chi connectivity index (χ3v) is 4.16. The third-order valence-electron chi connectivity index (χ3n) is 4.16. The van der Waals surface area contributed by atoms with Crippen molar-refractivity contribution in [2.75, 3.05) is 6.54 Å². The molecular weight excluding hydrogens is 228 g/mol. The standard InChI is InChI=1S/C14H22N2O2/c1-2-14(5-3-4-6-14)10-16-13(17)11-7-12(8-15)18-9-11/h7,9H,2-6,8,10,15H2,1H3,(H,16,17). The molecular formula is C14H22N2O2. The second-order valence-electron chi connectivity index (χ2n) is 5.25. The Morgan fingerprint density at radius 1 is 1.50 bits per heavy atom. The minimum absolute atomic E-state index is 0.0572. The lowest BCUT2D eigenvalue weighted by molar-refractivity contribution is 0.0928. The van der Waals surface area contributed by atoms with E-state index in [0.717, 1.165) is 13.0 Å². The highest BCUT2D eigenvalue weighted by molar-refractivity contribution is 5.93. The molecule has 0 spiro atoms. The van der Waals surface area contributed by atoms with Crippen molar-refractivity contribution in [1.82, 2.24) is 5.32 Å². The number of carbonyl (C=O) groups is 1. The van der Waals surface area contributed by atoms with E-state index in [-0.39, 0.29) is 5.91 Å². The van der Waals surface area contributed by atoms with Crippen LogP contribution >= 0.6 is 0 Å². The summed E-state index contributed by atoms with van der Waals surface area (Å²) in [4.78, 5) is 12.0. The van der Waals surface area contributed by atoms with Crippen LogP contribution in [0.25, 0.3) is 0 Å². The molecule has 1 heterocycles. The molecule has 0 bridgehead atoms. The van der Waals surface area contributed by atoms with Gasteiger partial charge in [-0.3, -0.25) is 4.79 Å². The molecule has 1 aliphatic carbocycles. The molecule has 3 N–H and O–H groups in total. The Hall–Kier alpha value is -1.29. The van der Waals surface area contributed by atoms with Crippen molar-refractivity contribution >= 4 is 5.91 Å². The van der Waals surface area contributed by atoms with Crippen LogP contribution in [0.4, 0.5) is 0 Å². The van der Waals surface area contributed by atoms with Gasteiger partial charge >= 0.3 is 0 Å². The highest BCUT2D eigenvalue weighted by Crippen LogP contribution is 2.40. The van der Waals surface area contributed by atoms with Gasteiger partial charge < -0.3 is 15.5 Å². The molecule has 4 nitrogen and oxygen atoms in total. The maximum absolute atomic E-state index is 12.0. The van der Waals surface area contributed by atoms with E-state index in [1.54, 1.807) is 6.07 Å². The first-order chi connectivity index (χ1) is 8.69. The van der Waals surface area contributed by atoms with E-state index in [2.05, 4.69) is 12.2 Å². The van der Waals surface area contributed by atoms with Crippen LogP contribution in [0.1, 0.15) is 55.1 Å². The first kappa shape index (κ1) is 13.1. The summed E-state index contributed by atoms with van der Waals surface area (Å²) >= 11 is 0. The lowest BCUT2D eigenvalue weighted by atomic mass is 9.83. The van der Waals surface area contributed by atoms with Crippen LogP contribution in [0.2, 0.25) is 0 Å². The summed E-state index contributed by atoms with van der Waals surface area (Å²) in [6.07, 6.45) is 7.63. The zero-order chi connectivity index (χ0) is 13.0. The van der Waals surface area contributed by atoms with Crippen LogP contribution in [0.15, 0.2) is 16.7 Å². The maximum atomic E-state index is 12.0. The van der Waals surface area contributed by atoms with Crippen molar-refractivity contribution < 1.29 is 9.21 Å². The van der Waals surface area contributed by atoms with Gasteiger partial charge in [-0.15, -0.1) is 0 Å². The van der Waals surface area contributed by atoms with Gasteiger partial charge in [0, 0.05) is 6.54 Å². The van der Waals surface area contributed by atoms with Gasteiger partial charge in [0.15, 0.2) is 0 Å². The number of carbonyl (C=O) groups excluding carboxylic acids is 1. The number of hydrogen-bond donors (Lipinski definition) is 2. The summed E-state index contributed by atoms with van der Waals surface area (Å²) < 4.78 is 5.17. The Balaban J connectivity index is 1.91. The molecule has 1 aromatic rings. The van der Waals surface area contributed by atoms with Crippen molar-refractivity contribution in [2.45, 2.75) is 45.6 Å². The quantitative estimate of drug-likeness (QED) is 0.843. The molecule has 1 aromatic heterocycles. The van der Waals surface area contributed by atoms with E-state index in [9.17, 15) is 4.79 Å². The van der Waals surface area contributed by atoms with E-state index in [1.165, 1.54) is 31.9 Å². The van der Waals surface area contributed by atoms with Crippen LogP contribution in [0.3, 0.4) is 0 Å². The van der Waals surface area contributed by atoms with Crippen molar-refractivity contribution in [3.63, 3.8) is 0 Å². The zero-order valence-corrected chi connectivity index (χ0v) is 11.0. The van der Waals surface area contributed by atoms with Crippen molar-refractivity contribution in [1.29, 1.82) is 0 Å². The minimum Gasteiger partial charge on any atom is -0.467 e. The van der Waals surface area contributed by atoms with Crippen molar-refractivity contribution in [2.24, 2.45) is 11.1 Å². The minimum atomic E-state index is -0.0572. The van der Waals surface area contributed by atoms with Crippen LogP contribution in [0, 0.1) is 5.41 Å². The molecule has 0 unspecified atom stereocenters. The second-order valence-corrected chi connectivity index (χ2v) is 5.25. The zero-order valence-electron chi connectivity index (χ0n) is 11.0. The predicted molar refractivity (Wildman–Crippen MR) is 70.1 cm³/mol. The molecule has 1 amide bonds. The predicted octanol–water partition coefficient (Wildman–Crippen LogP) is 2.44. The largest absolute Gasteiger partial charge is 0.467 e. The Kier molecular flexibility index (Phi) is 4.07. The number of furan rings is 1. The lowest BCUT2D eigenvalue weighted by Crippen LogP contribution is -2.35. The van der Waals surface area contributed by atoms with E-state index < -0.39 is 0 Å². The summed E-state index contributed by atoms with van der Waals surface area (Å²) in [5.41, 5.74) is 6.34. The fraction of sp³-hybridized carbons (Fsp3) is 0.643. The normalized spacial score (nSPS) is 17.9. The highest BCUT2D eigenvalue weighted by atomic mass is 16.3. The SMILES string of the molecule is CCC1(CNC(=O)c2coc(CN)c2)CCCC1. The Labute approximate surface area is 108 Å². The van der Waals surface area contributed by atoms with E-state index in [0.29, 0.717) is 23.3 Å². The number of nitrogens with two attached hydrogens (primary N) is 1. The van der Waals surface area contributed by atoms with Gasteiger partial charge in [-0.25, -0.2) is 0 Å². The number of rotatable bonds is 5. The molecule has 0 atom stereocenters. The topological polar surface area (TPSA) is 68.3 Å². The molecule has 2 rings (SSSR count). The molecule has 1 saturated carbocycles. The Morgan fingerprint density at radius 2 is 2.22 bits per heavy atom. The van der Waals surface area contributed by atoms with Crippen molar-refractivity contribution in [3.8, 4) is 0 Å². The van der Waals surface area contributed by atoms with Crippen LogP contribution in [-0.2, 0) is 6.54 Å². The summed E-state index contributed by atoms with van der Waals surface area (Å²) in [5, 5.41) is 3.03. The average molecular weight is 250 g/mol. The monoisotopic (exact) mass is 250 g/mol. The first-order valence-corrected chi connectivity index (χ1v) is 6.75. The molecule has 18 heavy (non-hydrogen) atoms. The van der Waals surface area contributed by atoms with E-state index in [1.807, 2.05) is 0 Å². The highest BCUT2D eigenvalue weighted by Gasteiger charge is 2.32.